The number of aromatic hydroxyl groups is 1. The quantitative estimate of drug-likeness (QED) is 0.270. The number of hydrogen-bond donors (Lipinski definition) is 1. The molecule has 2 aliphatic rings. The van der Waals surface area contributed by atoms with Crippen LogP contribution >= 0.6 is 0 Å². The van der Waals surface area contributed by atoms with Gasteiger partial charge in [-0.2, -0.15) is 5.26 Å². The van der Waals surface area contributed by atoms with Crippen molar-refractivity contribution in [3.8, 4) is 11.9 Å². The van der Waals surface area contributed by atoms with Crippen molar-refractivity contribution >= 4 is 35.4 Å². The summed E-state index contributed by atoms with van der Waals surface area (Å²) in [6.07, 6.45) is -1.37. The fourth-order valence-electron chi connectivity index (χ4n) is 5.28. The SMILES string of the molecule is CC(=O)OC1[C@@H](OC(C)=O)c2c3c(n(C#N)c2[C@@](OC(C)=O)(OC(=O)C(C)C)[C@H]1C)C(=O)c1c(O)cccc1C3=O. The number of nitrogens with zero attached hydrogens (tertiary/aromatic N) is 2. The van der Waals surface area contributed by atoms with Crippen LogP contribution in [0.25, 0.3) is 0 Å². The number of hydrogen-bond acceptors (Lipinski definition) is 12. The third-order valence-corrected chi connectivity index (χ3v) is 6.88. The zero-order valence-corrected chi connectivity index (χ0v) is 23.0. The molecule has 0 spiro atoms. The summed E-state index contributed by atoms with van der Waals surface area (Å²) in [5, 5.41) is 20.8. The monoisotopic (exact) mass is 566 g/mol. The van der Waals surface area contributed by atoms with Gasteiger partial charge in [0, 0.05) is 31.9 Å². The minimum absolute atomic E-state index is 0.220. The van der Waals surface area contributed by atoms with Gasteiger partial charge in [0.05, 0.1) is 23.0 Å². The van der Waals surface area contributed by atoms with Crippen LogP contribution in [0.1, 0.15) is 90.9 Å². The maximum Gasteiger partial charge on any atom is 0.311 e. The second kappa shape index (κ2) is 10.2. The molecule has 0 fully saturated rings. The van der Waals surface area contributed by atoms with Gasteiger partial charge in [0.1, 0.15) is 17.1 Å². The topological polar surface area (TPSA) is 188 Å². The summed E-state index contributed by atoms with van der Waals surface area (Å²) in [7, 11) is 0. The van der Waals surface area contributed by atoms with Crippen LogP contribution in [0.5, 0.6) is 5.75 Å². The Hall–Kier alpha value is -4.99. The van der Waals surface area contributed by atoms with E-state index in [4.69, 9.17) is 18.9 Å². The maximum absolute atomic E-state index is 14.0. The van der Waals surface area contributed by atoms with Gasteiger partial charge in [-0.15, -0.1) is 0 Å². The Morgan fingerprint density at radius 1 is 0.976 bits per heavy atom. The zero-order valence-electron chi connectivity index (χ0n) is 23.0. The lowest BCUT2D eigenvalue weighted by molar-refractivity contribution is -0.281. The second-order valence-corrected chi connectivity index (χ2v) is 10.0. The molecule has 1 N–H and O–H groups in total. The number of ether oxygens (including phenoxy) is 4. The number of aromatic nitrogens is 1. The van der Waals surface area contributed by atoms with Gasteiger partial charge in [-0.1, -0.05) is 32.9 Å². The van der Waals surface area contributed by atoms with Gasteiger partial charge in [-0.25, -0.2) is 4.57 Å². The Balaban J connectivity index is 2.23. The van der Waals surface area contributed by atoms with Gasteiger partial charge in [0.15, 0.2) is 24.2 Å². The molecule has 4 atom stereocenters. The molecule has 0 saturated heterocycles. The van der Waals surface area contributed by atoms with Gasteiger partial charge in [-0.05, 0) is 6.07 Å². The lowest BCUT2D eigenvalue weighted by atomic mass is 9.75. The fourth-order valence-corrected chi connectivity index (χ4v) is 5.28. The number of rotatable bonds is 5. The van der Waals surface area contributed by atoms with Crippen LogP contribution in [0.4, 0.5) is 0 Å². The van der Waals surface area contributed by atoms with Crippen LogP contribution in [0, 0.1) is 23.3 Å². The van der Waals surface area contributed by atoms with Crippen LogP contribution in [-0.4, -0.2) is 51.2 Å². The maximum atomic E-state index is 14.0. The molecule has 4 rings (SSSR count). The average Bonchev–Trinajstić information content (AvgIpc) is 3.23. The largest absolute Gasteiger partial charge is 0.507 e. The first-order valence-corrected chi connectivity index (χ1v) is 12.5. The van der Waals surface area contributed by atoms with Crippen molar-refractivity contribution in [1.29, 1.82) is 5.26 Å². The standard InChI is InChI=1S/C28H26N2O11/c1-11(2)27(37)41-28(40-15(6)33)12(3)24(38-13(4)31)25(39-14(5)32)20-19-21(30(10-29)26(20)28)23(36)18-16(22(19)35)8-7-9-17(18)34/h7-9,11-12,24-25,34H,1-6H3/t12-,24?,25-,28-/m0/s1. The predicted molar refractivity (Wildman–Crippen MR) is 134 cm³/mol. The molecule has 1 aromatic carbocycles. The molecular formula is C28H26N2O11. The smallest absolute Gasteiger partial charge is 0.311 e. The van der Waals surface area contributed by atoms with E-state index in [1.54, 1.807) is 6.19 Å². The molecule has 1 unspecified atom stereocenters. The Kier molecular flexibility index (Phi) is 7.22. The molecule has 1 heterocycles. The minimum atomic E-state index is -2.54. The molecule has 2 aliphatic carbocycles. The Labute approximate surface area is 233 Å². The Morgan fingerprint density at radius 2 is 1.61 bits per heavy atom. The first kappa shape index (κ1) is 29.0. The van der Waals surface area contributed by atoms with Gasteiger partial charge >= 0.3 is 29.7 Å². The number of carbonyl (C=O) groups excluding carboxylic acids is 6. The summed E-state index contributed by atoms with van der Waals surface area (Å²) < 4.78 is 23.1. The molecule has 0 bridgehead atoms. The van der Waals surface area contributed by atoms with E-state index < -0.39 is 88.0 Å². The zero-order chi connectivity index (χ0) is 30.5. The fraction of sp³-hybridized carbons (Fsp3) is 0.393. The van der Waals surface area contributed by atoms with Crippen LogP contribution in [0.3, 0.4) is 0 Å². The van der Waals surface area contributed by atoms with Gasteiger partial charge in [0.2, 0.25) is 5.78 Å². The highest BCUT2D eigenvalue weighted by molar-refractivity contribution is 6.29. The molecule has 1 aromatic heterocycles. The van der Waals surface area contributed by atoms with Gasteiger partial charge in [0.25, 0.3) is 0 Å². The van der Waals surface area contributed by atoms with E-state index >= 15 is 0 Å². The number of benzene rings is 1. The number of esters is 4. The summed E-state index contributed by atoms with van der Waals surface area (Å²) >= 11 is 0. The van der Waals surface area contributed by atoms with E-state index in [1.807, 2.05) is 0 Å². The highest BCUT2D eigenvalue weighted by Crippen LogP contribution is 2.54. The number of phenols is 1. The summed E-state index contributed by atoms with van der Waals surface area (Å²) in [5.74, 6) is -10.6. The van der Waals surface area contributed by atoms with E-state index in [9.17, 15) is 39.1 Å². The van der Waals surface area contributed by atoms with E-state index in [0.717, 1.165) is 20.8 Å². The molecule has 2 aromatic rings. The minimum Gasteiger partial charge on any atom is -0.507 e. The van der Waals surface area contributed by atoms with Crippen molar-refractivity contribution in [2.75, 3.05) is 0 Å². The number of fused-ring (bicyclic) bond motifs is 4. The molecular weight excluding hydrogens is 540 g/mol. The number of carbonyl (C=O) groups is 6. The van der Waals surface area contributed by atoms with Crippen molar-refractivity contribution < 1.29 is 52.8 Å². The first-order valence-electron chi connectivity index (χ1n) is 12.5. The molecule has 13 nitrogen and oxygen atoms in total. The van der Waals surface area contributed by atoms with Gasteiger partial charge in [-0.3, -0.25) is 28.8 Å². The number of nitriles is 1. The average molecular weight is 567 g/mol. The molecule has 41 heavy (non-hydrogen) atoms. The van der Waals surface area contributed by atoms with Crippen LogP contribution in [0.2, 0.25) is 0 Å². The molecule has 0 aliphatic heterocycles. The third-order valence-electron chi connectivity index (χ3n) is 6.88. The van der Waals surface area contributed by atoms with Crippen molar-refractivity contribution in [3.63, 3.8) is 0 Å². The molecule has 0 saturated carbocycles. The molecule has 13 heteroatoms. The van der Waals surface area contributed by atoms with E-state index in [-0.39, 0.29) is 16.7 Å². The molecule has 0 amide bonds. The van der Waals surface area contributed by atoms with Crippen LogP contribution in [0.15, 0.2) is 18.2 Å². The predicted octanol–water partition coefficient (Wildman–Crippen LogP) is 2.40. The summed E-state index contributed by atoms with van der Waals surface area (Å²) in [4.78, 5) is 77.9. The van der Waals surface area contributed by atoms with Crippen molar-refractivity contribution in [1.82, 2.24) is 4.57 Å². The normalized spacial score (nSPS) is 22.5. The lowest BCUT2D eigenvalue weighted by Crippen LogP contribution is -2.55. The third kappa shape index (κ3) is 4.41. The molecule has 0 radical (unpaired) electrons. The van der Waals surface area contributed by atoms with Crippen molar-refractivity contribution in [2.45, 2.75) is 59.5 Å². The molecule has 214 valence electrons. The lowest BCUT2D eigenvalue weighted by Gasteiger charge is -2.46. The van der Waals surface area contributed by atoms with E-state index in [1.165, 1.54) is 39.0 Å². The van der Waals surface area contributed by atoms with Crippen LogP contribution in [-0.2, 0) is 43.9 Å². The Morgan fingerprint density at radius 3 is 2.15 bits per heavy atom. The van der Waals surface area contributed by atoms with E-state index in [2.05, 4.69) is 0 Å². The van der Waals surface area contributed by atoms with Gasteiger partial charge < -0.3 is 24.1 Å². The summed E-state index contributed by atoms with van der Waals surface area (Å²) in [5.41, 5.74) is -2.38. The van der Waals surface area contributed by atoms with Crippen LogP contribution < -0.4 is 0 Å². The number of ketones is 2. The van der Waals surface area contributed by atoms with Crippen molar-refractivity contribution in [3.05, 3.63) is 51.8 Å². The number of phenolic OH excluding ortho intramolecular Hbond substituents is 1. The summed E-state index contributed by atoms with van der Waals surface area (Å²) in [6, 6.07) is 3.80. The first-order chi connectivity index (χ1) is 19.2. The van der Waals surface area contributed by atoms with E-state index in [0.29, 0.717) is 4.57 Å². The highest BCUT2D eigenvalue weighted by atomic mass is 16.7. The second-order valence-electron chi connectivity index (χ2n) is 10.0. The highest BCUT2D eigenvalue weighted by Gasteiger charge is 2.63. The Bertz CT molecular complexity index is 1580. The summed E-state index contributed by atoms with van der Waals surface area (Å²) in [6.45, 7) is 7.45. The van der Waals surface area contributed by atoms with Crippen molar-refractivity contribution in [2.24, 2.45) is 11.8 Å².